The van der Waals surface area contributed by atoms with Gasteiger partial charge in [-0.25, -0.2) is 0 Å². The zero-order valence-electron chi connectivity index (χ0n) is 19.2. The third kappa shape index (κ3) is 3.71. The lowest BCUT2D eigenvalue weighted by atomic mass is 9.86. The Kier molecular flexibility index (Phi) is 5.37. The van der Waals surface area contributed by atoms with Crippen molar-refractivity contribution in [3.63, 3.8) is 0 Å². The monoisotopic (exact) mass is 529 g/mol. The van der Waals surface area contributed by atoms with Crippen LogP contribution in [0.4, 0.5) is 0 Å². The molecule has 0 bridgehead atoms. The minimum absolute atomic E-state index is 0.0153. The van der Waals surface area contributed by atoms with Crippen LogP contribution < -0.4 is 4.74 Å². The summed E-state index contributed by atoms with van der Waals surface area (Å²) in [5.41, 5.74) is 5.08. The Bertz CT molecular complexity index is 1430. The quantitative estimate of drug-likeness (QED) is 0.412. The van der Waals surface area contributed by atoms with Gasteiger partial charge in [0.15, 0.2) is 0 Å². The lowest BCUT2D eigenvalue weighted by Crippen LogP contribution is -2.62. The molecule has 7 heteroatoms. The average molecular weight is 530 g/mol. The maximum atomic E-state index is 13.8. The number of aromatic amines is 1. The van der Waals surface area contributed by atoms with Crippen molar-refractivity contribution in [2.45, 2.75) is 25.0 Å². The number of aromatic nitrogens is 1. The molecule has 0 aliphatic carbocycles. The van der Waals surface area contributed by atoms with Gasteiger partial charge in [0, 0.05) is 34.0 Å². The molecule has 0 saturated carbocycles. The standard InChI is InChI=1S/C28H24BrN3O3/c1-35-20-12-6-17(7-13-20)15-31-16-25(33)32-24(28(31)34)14-22-21-4-2-3-5-23(21)30-26(22)27(32)18-8-10-19(29)11-9-18/h2-13,24,27,30H,14-16H2,1H3/t24-,27?/m0/s1. The van der Waals surface area contributed by atoms with Gasteiger partial charge in [-0.3, -0.25) is 9.59 Å². The molecule has 6 nitrogen and oxygen atoms in total. The van der Waals surface area contributed by atoms with Gasteiger partial charge in [0.1, 0.15) is 18.3 Å². The summed E-state index contributed by atoms with van der Waals surface area (Å²) in [7, 11) is 1.63. The van der Waals surface area contributed by atoms with Gasteiger partial charge in [0.2, 0.25) is 11.8 Å². The molecule has 3 aromatic carbocycles. The van der Waals surface area contributed by atoms with Gasteiger partial charge in [-0.1, -0.05) is 58.4 Å². The molecule has 35 heavy (non-hydrogen) atoms. The van der Waals surface area contributed by atoms with Crippen LogP contribution in [0.3, 0.4) is 0 Å². The van der Waals surface area contributed by atoms with E-state index in [4.69, 9.17) is 4.74 Å². The normalized spacial score (nSPS) is 19.6. The van der Waals surface area contributed by atoms with E-state index in [1.54, 1.807) is 16.9 Å². The number of rotatable bonds is 4. The molecule has 1 N–H and O–H groups in total. The van der Waals surface area contributed by atoms with Crippen LogP contribution in [0.15, 0.2) is 77.3 Å². The summed E-state index contributed by atoms with van der Waals surface area (Å²) >= 11 is 3.51. The Balaban J connectivity index is 1.41. The van der Waals surface area contributed by atoms with Crippen molar-refractivity contribution in [1.82, 2.24) is 14.8 Å². The van der Waals surface area contributed by atoms with Crippen molar-refractivity contribution < 1.29 is 14.3 Å². The summed E-state index contributed by atoms with van der Waals surface area (Å²) in [4.78, 5) is 34.5. The Hall–Kier alpha value is -3.58. The van der Waals surface area contributed by atoms with Gasteiger partial charge in [-0.15, -0.1) is 0 Å². The first-order valence-corrected chi connectivity index (χ1v) is 12.4. The molecule has 2 aliphatic rings. The van der Waals surface area contributed by atoms with Crippen molar-refractivity contribution in [2.24, 2.45) is 0 Å². The fourth-order valence-electron chi connectivity index (χ4n) is 5.40. The number of nitrogens with zero attached hydrogens (tertiary/aromatic N) is 2. The number of piperazine rings is 1. The van der Waals surface area contributed by atoms with E-state index in [0.717, 1.165) is 43.5 Å². The van der Waals surface area contributed by atoms with E-state index < -0.39 is 6.04 Å². The summed E-state index contributed by atoms with van der Waals surface area (Å²) in [6.45, 7) is 0.451. The predicted octanol–water partition coefficient (Wildman–Crippen LogP) is 4.82. The first kappa shape index (κ1) is 21.9. The molecule has 4 aromatic rings. The molecule has 2 atom stereocenters. The zero-order valence-corrected chi connectivity index (χ0v) is 20.8. The van der Waals surface area contributed by atoms with Crippen LogP contribution in [-0.2, 0) is 22.6 Å². The van der Waals surface area contributed by atoms with Crippen molar-refractivity contribution in [3.8, 4) is 5.75 Å². The first-order valence-electron chi connectivity index (χ1n) is 11.6. The van der Waals surface area contributed by atoms with Crippen LogP contribution in [-0.4, -0.2) is 46.3 Å². The van der Waals surface area contributed by atoms with Crippen LogP contribution in [0.2, 0.25) is 0 Å². The number of amides is 2. The topological polar surface area (TPSA) is 65.6 Å². The van der Waals surface area contributed by atoms with Crippen LogP contribution in [0.1, 0.15) is 28.4 Å². The van der Waals surface area contributed by atoms with Gasteiger partial charge in [0.05, 0.1) is 13.2 Å². The van der Waals surface area contributed by atoms with Crippen molar-refractivity contribution in [2.75, 3.05) is 13.7 Å². The second kappa shape index (κ2) is 8.57. The van der Waals surface area contributed by atoms with Crippen molar-refractivity contribution in [3.05, 3.63) is 99.7 Å². The third-order valence-electron chi connectivity index (χ3n) is 7.06. The molecule has 176 valence electrons. The second-order valence-corrected chi connectivity index (χ2v) is 10.00. The number of carbonyl (C=O) groups is 2. The van der Waals surface area contributed by atoms with Gasteiger partial charge >= 0.3 is 0 Å². The highest BCUT2D eigenvalue weighted by molar-refractivity contribution is 9.10. The molecular formula is C28H24BrN3O3. The Morgan fingerprint density at radius 2 is 1.74 bits per heavy atom. The highest BCUT2D eigenvalue weighted by Gasteiger charge is 2.48. The number of fused-ring (bicyclic) bond motifs is 4. The van der Waals surface area contributed by atoms with Crippen LogP contribution in [0, 0.1) is 0 Å². The molecule has 3 heterocycles. The number of hydrogen-bond donors (Lipinski definition) is 1. The first-order chi connectivity index (χ1) is 17.0. The molecule has 1 fully saturated rings. The van der Waals surface area contributed by atoms with Crippen molar-refractivity contribution >= 4 is 38.6 Å². The number of hydrogen-bond acceptors (Lipinski definition) is 3. The van der Waals surface area contributed by atoms with Gasteiger partial charge in [-0.2, -0.15) is 0 Å². The number of benzene rings is 3. The van der Waals surface area contributed by atoms with E-state index in [0.29, 0.717) is 13.0 Å². The van der Waals surface area contributed by atoms with E-state index in [1.165, 1.54) is 0 Å². The van der Waals surface area contributed by atoms with Gasteiger partial charge < -0.3 is 19.5 Å². The highest BCUT2D eigenvalue weighted by atomic mass is 79.9. The summed E-state index contributed by atoms with van der Waals surface area (Å²) in [6, 6.07) is 22.9. The Morgan fingerprint density at radius 3 is 2.49 bits per heavy atom. The number of halogens is 1. The average Bonchev–Trinajstić information content (AvgIpc) is 3.25. The van der Waals surface area contributed by atoms with E-state index in [-0.39, 0.29) is 24.4 Å². The summed E-state index contributed by atoms with van der Waals surface area (Å²) in [5.74, 6) is 0.705. The fourth-order valence-corrected chi connectivity index (χ4v) is 5.66. The van der Waals surface area contributed by atoms with E-state index in [2.05, 4.69) is 27.0 Å². The minimum atomic E-state index is -0.546. The summed E-state index contributed by atoms with van der Waals surface area (Å²) in [6.07, 6.45) is 0.496. The molecule has 1 aromatic heterocycles. The number of H-pyrrole nitrogens is 1. The van der Waals surface area contributed by atoms with Crippen LogP contribution >= 0.6 is 15.9 Å². The molecule has 1 saturated heterocycles. The Labute approximate surface area is 211 Å². The minimum Gasteiger partial charge on any atom is -0.497 e. The number of nitrogens with one attached hydrogen (secondary N) is 1. The van der Waals surface area contributed by atoms with E-state index in [1.807, 2.05) is 66.7 Å². The SMILES string of the molecule is COc1ccc(CN2CC(=O)N3C(c4ccc(Br)cc4)c4[nH]c5ccccc5c4C[C@H]3C2=O)cc1. The maximum absolute atomic E-state index is 13.8. The molecular weight excluding hydrogens is 506 g/mol. The fraction of sp³-hybridized carbons (Fsp3) is 0.214. The third-order valence-corrected chi connectivity index (χ3v) is 7.59. The lowest BCUT2D eigenvalue weighted by molar-refractivity contribution is -0.159. The second-order valence-electron chi connectivity index (χ2n) is 9.08. The highest BCUT2D eigenvalue weighted by Crippen LogP contribution is 2.42. The predicted molar refractivity (Wildman–Crippen MR) is 137 cm³/mol. The molecule has 2 amide bonds. The van der Waals surface area contributed by atoms with Gasteiger partial charge in [-0.05, 0) is 47.0 Å². The largest absolute Gasteiger partial charge is 0.497 e. The maximum Gasteiger partial charge on any atom is 0.246 e. The number of methoxy groups -OCH3 is 1. The molecule has 2 aliphatic heterocycles. The molecule has 0 spiro atoms. The Morgan fingerprint density at radius 1 is 1.00 bits per heavy atom. The smallest absolute Gasteiger partial charge is 0.246 e. The van der Waals surface area contributed by atoms with Crippen molar-refractivity contribution in [1.29, 1.82) is 0 Å². The van der Waals surface area contributed by atoms with E-state index >= 15 is 0 Å². The lowest BCUT2D eigenvalue weighted by Gasteiger charge is -2.47. The number of ether oxygens (including phenoxy) is 1. The van der Waals surface area contributed by atoms with E-state index in [9.17, 15) is 9.59 Å². The molecule has 1 unspecified atom stereocenters. The molecule has 0 radical (unpaired) electrons. The molecule has 6 rings (SSSR count). The van der Waals surface area contributed by atoms with Crippen LogP contribution in [0.5, 0.6) is 5.75 Å². The van der Waals surface area contributed by atoms with Gasteiger partial charge in [0.25, 0.3) is 0 Å². The zero-order chi connectivity index (χ0) is 24.1. The number of carbonyl (C=O) groups excluding carboxylic acids is 2. The van der Waals surface area contributed by atoms with Crippen LogP contribution in [0.25, 0.3) is 10.9 Å². The summed E-state index contributed by atoms with van der Waals surface area (Å²) in [5, 5.41) is 1.11. The number of para-hydroxylation sites is 1. The summed E-state index contributed by atoms with van der Waals surface area (Å²) < 4.78 is 6.21.